The largest absolute Gasteiger partial charge is 0.508 e. The molecule has 0 radical (unpaired) electrons. The first-order valence-electron chi connectivity index (χ1n) is 5.40. The number of rotatable bonds is 3. The molecule has 0 fully saturated rings. The highest BCUT2D eigenvalue weighted by atomic mass is 16.3. The number of aliphatic hydroxyl groups excluding tert-OH is 1. The smallest absolute Gasteiger partial charge is 0.122 e. The molecule has 2 aromatic rings. The number of phenolic OH excluding ortho intramolecular Hbond substituents is 2. The van der Waals surface area contributed by atoms with Gasteiger partial charge in [0, 0.05) is 12.5 Å². The van der Waals surface area contributed by atoms with E-state index in [2.05, 4.69) is 0 Å². The lowest BCUT2D eigenvalue weighted by molar-refractivity contribution is 0.177. The monoisotopic (exact) mass is 230 g/mol. The van der Waals surface area contributed by atoms with Gasteiger partial charge >= 0.3 is 0 Å². The Hall–Kier alpha value is -2.00. The lowest BCUT2D eigenvalue weighted by Gasteiger charge is -2.12. The van der Waals surface area contributed by atoms with Crippen molar-refractivity contribution in [2.45, 2.75) is 12.5 Å². The molecule has 1 unspecified atom stereocenters. The van der Waals surface area contributed by atoms with Crippen molar-refractivity contribution in [3.05, 3.63) is 59.7 Å². The van der Waals surface area contributed by atoms with Crippen molar-refractivity contribution in [1.82, 2.24) is 0 Å². The van der Waals surface area contributed by atoms with Crippen molar-refractivity contribution < 1.29 is 15.3 Å². The summed E-state index contributed by atoms with van der Waals surface area (Å²) in [5.41, 5.74) is 1.42. The fraction of sp³-hybridized carbons (Fsp3) is 0.143. The molecule has 3 nitrogen and oxygen atoms in total. The molecule has 0 aliphatic rings. The van der Waals surface area contributed by atoms with Crippen LogP contribution in [-0.4, -0.2) is 15.3 Å². The molecular weight excluding hydrogens is 216 g/mol. The standard InChI is InChI=1S/C14H14O3/c15-12-7-6-11(14(17)9-12)8-13(16)10-4-2-1-3-5-10/h1-7,9,13,15-17H,8H2. The summed E-state index contributed by atoms with van der Waals surface area (Å²) in [7, 11) is 0. The maximum Gasteiger partial charge on any atom is 0.122 e. The maximum atomic E-state index is 9.99. The van der Waals surface area contributed by atoms with Crippen molar-refractivity contribution in [2.24, 2.45) is 0 Å². The van der Waals surface area contributed by atoms with Crippen LogP contribution < -0.4 is 0 Å². The van der Waals surface area contributed by atoms with E-state index in [1.807, 2.05) is 30.3 Å². The first-order valence-corrected chi connectivity index (χ1v) is 5.40. The van der Waals surface area contributed by atoms with Crippen molar-refractivity contribution in [1.29, 1.82) is 0 Å². The second-order valence-electron chi connectivity index (χ2n) is 3.94. The van der Waals surface area contributed by atoms with E-state index in [1.165, 1.54) is 12.1 Å². The van der Waals surface area contributed by atoms with Gasteiger partial charge in [0.1, 0.15) is 11.5 Å². The van der Waals surface area contributed by atoms with E-state index in [9.17, 15) is 10.2 Å². The minimum Gasteiger partial charge on any atom is -0.508 e. The molecule has 0 saturated carbocycles. The number of benzene rings is 2. The Morgan fingerprint density at radius 3 is 2.29 bits per heavy atom. The number of hydrogen-bond acceptors (Lipinski definition) is 3. The van der Waals surface area contributed by atoms with E-state index in [0.717, 1.165) is 5.56 Å². The predicted octanol–water partition coefficient (Wildman–Crippen LogP) is 2.37. The molecule has 0 aliphatic carbocycles. The number of aromatic hydroxyl groups is 2. The van der Waals surface area contributed by atoms with Crippen molar-refractivity contribution in [3.63, 3.8) is 0 Å². The van der Waals surface area contributed by atoms with E-state index >= 15 is 0 Å². The Morgan fingerprint density at radius 2 is 1.65 bits per heavy atom. The molecule has 3 heteroatoms. The van der Waals surface area contributed by atoms with Gasteiger partial charge in [-0.2, -0.15) is 0 Å². The van der Waals surface area contributed by atoms with Crippen LogP contribution in [0.3, 0.4) is 0 Å². The van der Waals surface area contributed by atoms with Gasteiger partial charge in [-0.15, -0.1) is 0 Å². The highest BCUT2D eigenvalue weighted by molar-refractivity contribution is 5.39. The molecular formula is C14H14O3. The number of phenols is 2. The minimum atomic E-state index is -0.661. The molecule has 0 bridgehead atoms. The zero-order valence-corrected chi connectivity index (χ0v) is 9.24. The van der Waals surface area contributed by atoms with Crippen LogP contribution >= 0.6 is 0 Å². The van der Waals surface area contributed by atoms with Crippen LogP contribution in [0.25, 0.3) is 0 Å². The van der Waals surface area contributed by atoms with Crippen LogP contribution in [0.2, 0.25) is 0 Å². The second kappa shape index (κ2) is 4.89. The quantitative estimate of drug-likeness (QED) is 0.758. The van der Waals surface area contributed by atoms with E-state index in [0.29, 0.717) is 12.0 Å². The number of hydrogen-bond donors (Lipinski definition) is 3. The summed E-state index contributed by atoms with van der Waals surface area (Å²) in [5.74, 6) is 0.0143. The lowest BCUT2D eigenvalue weighted by atomic mass is 10.0. The molecule has 17 heavy (non-hydrogen) atoms. The highest BCUT2D eigenvalue weighted by Gasteiger charge is 2.11. The Kier molecular flexibility index (Phi) is 3.30. The van der Waals surface area contributed by atoms with Crippen LogP contribution in [0, 0.1) is 0 Å². The van der Waals surface area contributed by atoms with Gasteiger partial charge in [0.05, 0.1) is 6.10 Å². The summed E-state index contributed by atoms with van der Waals surface area (Å²) in [5, 5.41) is 28.8. The predicted molar refractivity (Wildman–Crippen MR) is 64.9 cm³/mol. The summed E-state index contributed by atoms with van der Waals surface area (Å²) < 4.78 is 0. The van der Waals surface area contributed by atoms with E-state index < -0.39 is 6.10 Å². The molecule has 3 N–H and O–H groups in total. The average molecular weight is 230 g/mol. The molecule has 1 atom stereocenters. The molecule has 0 aromatic heterocycles. The lowest BCUT2D eigenvalue weighted by Crippen LogP contribution is -2.01. The number of aliphatic hydroxyl groups is 1. The molecule has 2 aromatic carbocycles. The van der Waals surface area contributed by atoms with E-state index in [-0.39, 0.29) is 11.5 Å². The first kappa shape index (κ1) is 11.5. The zero-order valence-electron chi connectivity index (χ0n) is 9.24. The third-order valence-electron chi connectivity index (χ3n) is 2.67. The summed E-state index contributed by atoms with van der Waals surface area (Å²) in [6, 6.07) is 13.6. The first-order chi connectivity index (χ1) is 8.16. The Bertz CT molecular complexity index is 494. The fourth-order valence-corrected chi connectivity index (χ4v) is 1.73. The molecule has 0 saturated heterocycles. The van der Waals surface area contributed by atoms with Gasteiger partial charge in [-0.1, -0.05) is 36.4 Å². The van der Waals surface area contributed by atoms with Gasteiger partial charge in [0.25, 0.3) is 0 Å². The molecule has 0 heterocycles. The third kappa shape index (κ3) is 2.77. The van der Waals surface area contributed by atoms with Crippen LogP contribution in [0.4, 0.5) is 0 Å². The van der Waals surface area contributed by atoms with Crippen LogP contribution in [-0.2, 0) is 6.42 Å². The molecule has 0 aliphatic heterocycles. The van der Waals surface area contributed by atoms with Crippen LogP contribution in [0.1, 0.15) is 17.2 Å². The summed E-state index contributed by atoms with van der Waals surface area (Å²) in [6.07, 6.45) is -0.345. The molecule has 0 spiro atoms. The van der Waals surface area contributed by atoms with Gasteiger partial charge in [-0.05, 0) is 17.2 Å². The third-order valence-corrected chi connectivity index (χ3v) is 2.67. The van der Waals surface area contributed by atoms with Gasteiger partial charge in [-0.3, -0.25) is 0 Å². The maximum absolute atomic E-state index is 9.99. The van der Waals surface area contributed by atoms with Crippen molar-refractivity contribution in [2.75, 3.05) is 0 Å². The van der Waals surface area contributed by atoms with Crippen molar-refractivity contribution in [3.8, 4) is 11.5 Å². The van der Waals surface area contributed by atoms with Gasteiger partial charge in [0.15, 0.2) is 0 Å². The van der Waals surface area contributed by atoms with E-state index in [4.69, 9.17) is 5.11 Å². The Balaban J connectivity index is 2.16. The topological polar surface area (TPSA) is 60.7 Å². The molecule has 0 amide bonds. The van der Waals surface area contributed by atoms with Gasteiger partial charge in [0.2, 0.25) is 0 Å². The summed E-state index contributed by atoms with van der Waals surface area (Å²) >= 11 is 0. The van der Waals surface area contributed by atoms with Crippen LogP contribution in [0.5, 0.6) is 11.5 Å². The highest BCUT2D eigenvalue weighted by Crippen LogP contribution is 2.27. The molecule has 2 rings (SSSR count). The van der Waals surface area contributed by atoms with Crippen molar-refractivity contribution >= 4 is 0 Å². The Labute approximate surface area is 99.6 Å². The van der Waals surface area contributed by atoms with Gasteiger partial charge in [-0.25, -0.2) is 0 Å². The van der Waals surface area contributed by atoms with Crippen LogP contribution in [0.15, 0.2) is 48.5 Å². The van der Waals surface area contributed by atoms with E-state index in [1.54, 1.807) is 6.07 Å². The van der Waals surface area contributed by atoms with Gasteiger partial charge < -0.3 is 15.3 Å². The summed E-state index contributed by atoms with van der Waals surface area (Å²) in [4.78, 5) is 0. The second-order valence-corrected chi connectivity index (χ2v) is 3.94. The average Bonchev–Trinajstić information content (AvgIpc) is 2.34. The SMILES string of the molecule is Oc1ccc(CC(O)c2ccccc2)c(O)c1. The minimum absolute atomic E-state index is 0.0000175. The fourth-order valence-electron chi connectivity index (χ4n) is 1.73. The molecule has 88 valence electrons. The Morgan fingerprint density at radius 1 is 0.941 bits per heavy atom. The zero-order chi connectivity index (χ0) is 12.3. The normalized spacial score (nSPS) is 12.3. The summed E-state index contributed by atoms with van der Waals surface area (Å²) in [6.45, 7) is 0.